The third-order valence-electron chi connectivity index (χ3n) is 1.57. The van der Waals surface area contributed by atoms with Gasteiger partial charge in [0.2, 0.25) is 21.8 Å². The van der Waals surface area contributed by atoms with E-state index in [9.17, 15) is 9.01 Å². The van der Waals surface area contributed by atoms with Gasteiger partial charge in [-0.25, -0.2) is 8.42 Å². The van der Waals surface area contributed by atoms with Crippen molar-refractivity contribution in [3.63, 3.8) is 0 Å². The number of pyridine rings is 1. The van der Waals surface area contributed by atoms with E-state index in [4.69, 9.17) is 13.0 Å². The second kappa shape index (κ2) is 5.83. The SMILES string of the molecule is Cc1cc(C)[n+](F)c(C)c1.O=S(=O)([O-])OF. The minimum Gasteiger partial charge on any atom is -0.724 e. The van der Waals surface area contributed by atoms with Gasteiger partial charge in [0.15, 0.2) is 0 Å². The number of hydrogen-bond donors (Lipinski definition) is 0. The summed E-state index contributed by atoms with van der Waals surface area (Å²) in [5.74, 6) is 0. The number of halogens is 2. The smallest absolute Gasteiger partial charge is 0.250 e. The van der Waals surface area contributed by atoms with Crippen LogP contribution in [0.15, 0.2) is 12.1 Å². The Hall–Kier alpha value is -1.12. The maximum atomic E-state index is 12.8. The van der Waals surface area contributed by atoms with Crippen LogP contribution in [0.25, 0.3) is 0 Å². The number of nitrogens with zero attached hydrogens (tertiary/aromatic N) is 1. The van der Waals surface area contributed by atoms with Crippen molar-refractivity contribution >= 4 is 10.4 Å². The predicted molar refractivity (Wildman–Crippen MR) is 49.2 cm³/mol. The van der Waals surface area contributed by atoms with Crippen molar-refractivity contribution in [3.8, 4) is 0 Å². The molecule has 0 saturated heterocycles. The van der Waals surface area contributed by atoms with Crippen molar-refractivity contribution in [2.24, 2.45) is 0 Å². The van der Waals surface area contributed by atoms with Gasteiger partial charge in [-0.05, 0) is 17.0 Å². The third-order valence-corrected chi connectivity index (χ3v) is 1.72. The van der Waals surface area contributed by atoms with Crippen LogP contribution in [-0.2, 0) is 14.8 Å². The Morgan fingerprint density at radius 3 is 1.81 bits per heavy atom. The van der Waals surface area contributed by atoms with E-state index in [1.54, 1.807) is 13.8 Å². The molecule has 0 fully saturated rings. The van der Waals surface area contributed by atoms with Gasteiger partial charge in [0, 0.05) is 30.8 Å². The van der Waals surface area contributed by atoms with Crippen LogP contribution < -0.4 is 4.79 Å². The number of hydrogen-bond acceptors (Lipinski definition) is 4. The van der Waals surface area contributed by atoms with Crippen LogP contribution in [0.5, 0.6) is 0 Å². The number of aryl methyl sites for hydroxylation is 3. The van der Waals surface area contributed by atoms with Crippen LogP contribution in [0.3, 0.4) is 0 Å². The van der Waals surface area contributed by atoms with Crippen molar-refractivity contribution in [3.05, 3.63) is 29.1 Å². The molecule has 0 atom stereocenters. The Kier molecular flexibility index (Phi) is 5.42. The Morgan fingerprint density at radius 1 is 1.25 bits per heavy atom. The van der Waals surface area contributed by atoms with E-state index in [1.807, 2.05) is 23.4 Å². The average Bonchev–Trinajstić information content (AvgIpc) is 2.14. The summed E-state index contributed by atoms with van der Waals surface area (Å²) in [6, 6.07) is 3.62. The molecule has 0 amide bonds. The van der Waals surface area contributed by atoms with Gasteiger partial charge in [-0.15, -0.1) is 0 Å². The largest absolute Gasteiger partial charge is 0.724 e. The Balaban J connectivity index is 0.000000325. The first kappa shape index (κ1) is 14.9. The van der Waals surface area contributed by atoms with Crippen LogP contribution in [-0.4, -0.2) is 13.0 Å². The predicted octanol–water partition coefficient (Wildman–Crippen LogP) is 0.980. The minimum atomic E-state index is -5.08. The van der Waals surface area contributed by atoms with Gasteiger partial charge in [0.1, 0.15) is 0 Å². The van der Waals surface area contributed by atoms with Crippen LogP contribution >= 0.6 is 0 Å². The molecule has 8 heteroatoms. The van der Waals surface area contributed by atoms with E-state index in [-0.39, 0.29) is 0 Å². The molecule has 0 aliphatic carbocycles. The molecule has 5 nitrogen and oxygen atoms in total. The first-order valence-electron chi connectivity index (χ1n) is 4.09. The molecular formula is C8H11F2NO4S. The molecule has 0 unspecified atom stereocenters. The summed E-state index contributed by atoms with van der Waals surface area (Å²) in [5, 5.41) is 0. The fourth-order valence-corrected chi connectivity index (χ4v) is 1.09. The molecule has 0 N–H and O–H groups in total. The lowest BCUT2D eigenvalue weighted by molar-refractivity contribution is -0.852. The van der Waals surface area contributed by atoms with E-state index in [2.05, 4.69) is 0 Å². The molecule has 0 aliphatic rings. The summed E-state index contributed by atoms with van der Waals surface area (Å²) in [5.41, 5.74) is 2.40. The first-order chi connectivity index (χ1) is 7.17. The zero-order valence-electron chi connectivity index (χ0n) is 8.90. The average molecular weight is 255 g/mol. The molecule has 0 saturated carbocycles. The van der Waals surface area contributed by atoms with E-state index < -0.39 is 10.4 Å². The summed E-state index contributed by atoms with van der Waals surface area (Å²) >= 11 is 0. The Labute approximate surface area is 92.1 Å². The Bertz CT molecular complexity index is 438. The fourth-order valence-electron chi connectivity index (χ4n) is 1.09. The topological polar surface area (TPSA) is 70.3 Å². The highest BCUT2D eigenvalue weighted by Crippen LogP contribution is 2.00. The molecule has 92 valence electrons. The highest BCUT2D eigenvalue weighted by Gasteiger charge is 2.09. The quantitative estimate of drug-likeness (QED) is 0.554. The van der Waals surface area contributed by atoms with Crippen molar-refractivity contribution < 1.29 is 31.2 Å². The first-order valence-corrected chi connectivity index (χ1v) is 5.43. The van der Waals surface area contributed by atoms with E-state index in [1.165, 1.54) is 0 Å². The molecule has 1 aromatic rings. The lowest BCUT2D eigenvalue weighted by Gasteiger charge is -1.92. The molecule has 1 heterocycles. The lowest BCUT2D eigenvalue weighted by atomic mass is 10.2. The second-order valence-corrected chi connectivity index (χ2v) is 4.01. The van der Waals surface area contributed by atoms with E-state index in [0.717, 1.165) is 5.56 Å². The van der Waals surface area contributed by atoms with Gasteiger partial charge in [0.05, 0.1) is 4.48 Å². The summed E-state index contributed by atoms with van der Waals surface area (Å²) < 4.78 is 51.3. The van der Waals surface area contributed by atoms with Crippen molar-refractivity contribution in [1.29, 1.82) is 0 Å². The summed E-state index contributed by atoms with van der Waals surface area (Å²) in [6.45, 7) is 5.46. The van der Waals surface area contributed by atoms with E-state index >= 15 is 0 Å². The zero-order valence-corrected chi connectivity index (χ0v) is 9.72. The molecule has 1 rings (SSSR count). The molecule has 0 aliphatic heterocycles. The summed E-state index contributed by atoms with van der Waals surface area (Å²) in [6.07, 6.45) is 0. The molecule has 0 aromatic carbocycles. The summed E-state index contributed by atoms with van der Waals surface area (Å²) in [4.78, 5) is 0.688. The number of aromatic nitrogens is 1. The monoisotopic (exact) mass is 255 g/mol. The van der Waals surface area contributed by atoms with E-state index in [0.29, 0.717) is 16.2 Å². The molecule has 0 spiro atoms. The third kappa shape index (κ3) is 5.69. The highest BCUT2D eigenvalue weighted by atomic mass is 32.3. The maximum absolute atomic E-state index is 12.8. The molecule has 16 heavy (non-hydrogen) atoms. The highest BCUT2D eigenvalue weighted by molar-refractivity contribution is 7.80. The number of rotatable bonds is 1. The molecule has 0 bridgehead atoms. The lowest BCUT2D eigenvalue weighted by Crippen LogP contribution is -2.30. The van der Waals surface area contributed by atoms with Crippen LogP contribution in [0.2, 0.25) is 0 Å². The van der Waals surface area contributed by atoms with Crippen LogP contribution in [0.4, 0.5) is 9.01 Å². The van der Waals surface area contributed by atoms with Gasteiger partial charge in [-0.1, -0.05) is 4.39 Å². The zero-order chi connectivity index (χ0) is 12.9. The minimum absolute atomic E-state index is 0.650. The van der Waals surface area contributed by atoms with Crippen LogP contribution in [0, 0.1) is 20.8 Å². The summed E-state index contributed by atoms with van der Waals surface area (Å²) in [7, 11) is -5.08. The van der Waals surface area contributed by atoms with Gasteiger partial charge < -0.3 is 4.55 Å². The standard InChI is InChI=1S/C8H11FN.FHO4S/c1-6-4-7(2)10(9)8(3)5-6;1-5-6(2,3)4/h4-5H,1-3H3;(H,2,3,4)/q+1;/p-1. The maximum Gasteiger partial charge on any atom is 0.250 e. The van der Waals surface area contributed by atoms with Crippen molar-refractivity contribution in [1.82, 2.24) is 0 Å². The van der Waals surface area contributed by atoms with Crippen LogP contribution in [0.1, 0.15) is 17.0 Å². The van der Waals surface area contributed by atoms with Gasteiger partial charge in [0.25, 0.3) is 0 Å². The second-order valence-electron chi connectivity index (χ2n) is 3.07. The van der Waals surface area contributed by atoms with Gasteiger partial charge >= 0.3 is 0 Å². The fraction of sp³-hybridized carbons (Fsp3) is 0.375. The van der Waals surface area contributed by atoms with Crippen molar-refractivity contribution in [2.75, 3.05) is 0 Å². The molecule has 0 radical (unpaired) electrons. The van der Waals surface area contributed by atoms with Gasteiger partial charge in [-0.2, -0.15) is 0 Å². The van der Waals surface area contributed by atoms with Crippen molar-refractivity contribution in [2.45, 2.75) is 20.8 Å². The van der Waals surface area contributed by atoms with Gasteiger partial charge in [-0.3, -0.25) is 0 Å². The molecular weight excluding hydrogens is 244 g/mol. The Morgan fingerprint density at radius 2 is 1.56 bits per heavy atom. The normalized spacial score (nSPS) is 10.6. The molecule has 1 aromatic heterocycles.